The average molecular weight is 542 g/mol. The van der Waals surface area contributed by atoms with Crippen molar-refractivity contribution in [1.29, 1.82) is 0 Å². The number of halogens is 2. The summed E-state index contributed by atoms with van der Waals surface area (Å²) < 4.78 is 22.5. The second-order valence-corrected chi connectivity index (χ2v) is 10.3. The quantitative estimate of drug-likeness (QED) is 0.351. The lowest BCUT2D eigenvalue weighted by Gasteiger charge is -2.25. The molecule has 0 saturated heterocycles. The van der Waals surface area contributed by atoms with Crippen molar-refractivity contribution in [2.24, 2.45) is 0 Å². The summed E-state index contributed by atoms with van der Waals surface area (Å²) in [5.41, 5.74) is 1.47. The van der Waals surface area contributed by atoms with Crippen LogP contribution in [-0.4, -0.2) is 33.3 Å². The third-order valence-corrected chi connectivity index (χ3v) is 8.22. The van der Waals surface area contributed by atoms with Gasteiger partial charge in [0.05, 0.1) is 30.8 Å². The number of hydrogen-bond donors (Lipinski definition) is 0. The van der Waals surface area contributed by atoms with Crippen LogP contribution in [0, 0.1) is 5.82 Å². The number of hydrogen-bond acceptors (Lipinski definition) is 5. The van der Waals surface area contributed by atoms with Crippen molar-refractivity contribution in [2.75, 3.05) is 13.2 Å². The van der Waals surface area contributed by atoms with Gasteiger partial charge >= 0.3 is 11.8 Å². The Morgan fingerprint density at radius 3 is 2.57 bits per heavy atom. The van der Waals surface area contributed by atoms with E-state index >= 15 is 0 Å². The molecule has 7 nitrogen and oxygen atoms in total. The van der Waals surface area contributed by atoms with Gasteiger partial charge in [-0.1, -0.05) is 36.7 Å². The van der Waals surface area contributed by atoms with Crippen LogP contribution < -0.4 is 11.2 Å². The lowest BCUT2D eigenvalue weighted by molar-refractivity contribution is 0.103. The first kappa shape index (κ1) is 25.2. The summed E-state index contributed by atoms with van der Waals surface area (Å²) in [6, 6.07) is 11.6. The molecule has 2 aromatic carbocycles. The number of aryl methyl sites for hydroxylation is 1. The molecule has 192 valence electrons. The number of thiophene rings is 1. The summed E-state index contributed by atoms with van der Waals surface area (Å²) in [5.74, 6) is -0.535. The fraction of sp³-hybridized carbons (Fsp3) is 0.296. The Morgan fingerprint density at radius 2 is 1.89 bits per heavy atom. The smallest absolute Gasteiger partial charge is 0.410 e. The van der Waals surface area contributed by atoms with Gasteiger partial charge < -0.3 is 9.64 Å². The molecule has 4 aromatic rings. The van der Waals surface area contributed by atoms with Gasteiger partial charge in [0, 0.05) is 22.0 Å². The van der Waals surface area contributed by atoms with E-state index in [1.165, 1.54) is 28.0 Å². The van der Waals surface area contributed by atoms with Gasteiger partial charge in [0.25, 0.3) is 5.56 Å². The van der Waals surface area contributed by atoms with Crippen LogP contribution in [0.5, 0.6) is 0 Å². The van der Waals surface area contributed by atoms with Gasteiger partial charge in [0.2, 0.25) is 0 Å². The molecular formula is C27H25ClFN3O4S. The van der Waals surface area contributed by atoms with E-state index in [1.54, 1.807) is 30.0 Å². The Morgan fingerprint density at radius 1 is 1.14 bits per heavy atom. The molecule has 1 amide bonds. The summed E-state index contributed by atoms with van der Waals surface area (Å²) in [7, 11) is 0. The molecule has 0 aliphatic carbocycles. The molecule has 37 heavy (non-hydrogen) atoms. The van der Waals surface area contributed by atoms with Gasteiger partial charge in [0.1, 0.15) is 10.6 Å². The van der Waals surface area contributed by atoms with Gasteiger partial charge in [-0.15, -0.1) is 11.3 Å². The van der Waals surface area contributed by atoms with Gasteiger partial charge in [-0.2, -0.15) is 0 Å². The van der Waals surface area contributed by atoms with E-state index in [-0.39, 0.29) is 30.3 Å². The normalized spacial score (nSPS) is 13.1. The molecule has 0 unspecified atom stereocenters. The molecule has 0 bridgehead atoms. The SMILES string of the molecule is CCOC(=O)N1CCc2c(sc3c2c(=O)n(-c2ccc(CC)cc2)c(=O)n3Cc2c(F)cccc2Cl)C1. The van der Waals surface area contributed by atoms with Gasteiger partial charge in [-0.25, -0.2) is 18.5 Å². The largest absolute Gasteiger partial charge is 0.450 e. The Hall–Kier alpha value is -3.43. The fourth-order valence-electron chi connectivity index (χ4n) is 4.67. The summed E-state index contributed by atoms with van der Waals surface area (Å²) in [6.07, 6.45) is 0.838. The highest BCUT2D eigenvalue weighted by Crippen LogP contribution is 2.34. The summed E-state index contributed by atoms with van der Waals surface area (Å²) >= 11 is 7.58. The first-order valence-corrected chi connectivity index (χ1v) is 13.3. The minimum Gasteiger partial charge on any atom is -0.450 e. The minimum atomic E-state index is -0.582. The highest BCUT2D eigenvalue weighted by molar-refractivity contribution is 7.18. The molecule has 10 heteroatoms. The number of amides is 1. The lowest BCUT2D eigenvalue weighted by Crippen LogP contribution is -2.39. The molecule has 1 aliphatic heterocycles. The predicted molar refractivity (Wildman–Crippen MR) is 143 cm³/mol. The summed E-state index contributed by atoms with van der Waals surface area (Å²) in [4.78, 5) is 42.9. The van der Waals surface area contributed by atoms with Crippen molar-refractivity contribution in [3.8, 4) is 5.69 Å². The molecule has 0 radical (unpaired) electrons. The van der Waals surface area contributed by atoms with Crippen LogP contribution in [0.25, 0.3) is 15.9 Å². The number of fused-ring (bicyclic) bond motifs is 3. The molecule has 5 rings (SSSR count). The Balaban J connectivity index is 1.75. The number of carbonyl (C=O) groups excluding carboxylic acids is 1. The van der Waals surface area contributed by atoms with Crippen LogP contribution in [0.3, 0.4) is 0 Å². The summed E-state index contributed by atoms with van der Waals surface area (Å²) in [5, 5.41) is 0.607. The molecule has 0 fully saturated rings. The number of rotatable bonds is 5. The zero-order valence-electron chi connectivity index (χ0n) is 20.4. The third-order valence-electron chi connectivity index (χ3n) is 6.63. The maximum absolute atomic E-state index is 14.8. The molecule has 1 aliphatic rings. The number of benzene rings is 2. The Kier molecular flexibility index (Phi) is 6.92. The van der Waals surface area contributed by atoms with E-state index in [2.05, 4.69) is 0 Å². The van der Waals surface area contributed by atoms with Gasteiger partial charge in [-0.05, 0) is 55.2 Å². The molecule has 0 N–H and O–H groups in total. The maximum Gasteiger partial charge on any atom is 0.410 e. The van der Waals surface area contributed by atoms with E-state index in [0.717, 1.165) is 27.0 Å². The van der Waals surface area contributed by atoms with Crippen LogP contribution >= 0.6 is 22.9 Å². The number of nitrogens with zero attached hydrogens (tertiary/aromatic N) is 3. The second-order valence-electron chi connectivity index (χ2n) is 8.78. The van der Waals surface area contributed by atoms with Crippen LogP contribution in [0.15, 0.2) is 52.1 Å². The molecule has 2 aromatic heterocycles. The second kappa shape index (κ2) is 10.1. The van der Waals surface area contributed by atoms with Crippen LogP contribution in [0.2, 0.25) is 5.02 Å². The number of carbonyl (C=O) groups is 1. The van der Waals surface area contributed by atoms with E-state index in [4.69, 9.17) is 16.3 Å². The molecule has 3 heterocycles. The first-order valence-electron chi connectivity index (χ1n) is 12.1. The highest BCUT2D eigenvalue weighted by Gasteiger charge is 2.29. The van der Waals surface area contributed by atoms with Crippen molar-refractivity contribution >= 4 is 39.2 Å². The predicted octanol–water partition coefficient (Wildman–Crippen LogP) is 5.13. The Labute approximate surface area is 221 Å². The Bertz CT molecular complexity index is 1600. The van der Waals surface area contributed by atoms with Crippen LogP contribution in [0.1, 0.15) is 35.4 Å². The zero-order chi connectivity index (χ0) is 26.3. The van der Waals surface area contributed by atoms with Crippen molar-refractivity contribution in [3.05, 3.63) is 95.7 Å². The van der Waals surface area contributed by atoms with Crippen molar-refractivity contribution in [3.63, 3.8) is 0 Å². The topological polar surface area (TPSA) is 73.5 Å². The molecule has 0 atom stereocenters. The minimum absolute atomic E-state index is 0.144. The molecule has 0 saturated carbocycles. The number of aromatic nitrogens is 2. The van der Waals surface area contributed by atoms with E-state index in [1.807, 2.05) is 19.1 Å². The van der Waals surface area contributed by atoms with Gasteiger partial charge in [0.15, 0.2) is 0 Å². The number of ether oxygens (including phenoxy) is 1. The molecule has 0 spiro atoms. The van der Waals surface area contributed by atoms with E-state index in [0.29, 0.717) is 28.9 Å². The van der Waals surface area contributed by atoms with Crippen molar-refractivity contribution < 1.29 is 13.9 Å². The highest BCUT2D eigenvalue weighted by atomic mass is 35.5. The maximum atomic E-state index is 14.8. The first-order chi connectivity index (χ1) is 17.8. The van der Waals surface area contributed by atoms with Crippen molar-refractivity contribution in [1.82, 2.24) is 14.0 Å². The lowest BCUT2D eigenvalue weighted by atomic mass is 10.1. The van der Waals surface area contributed by atoms with Crippen molar-refractivity contribution in [2.45, 2.75) is 39.8 Å². The molecular weight excluding hydrogens is 517 g/mol. The standard InChI is InChI=1S/C27H25ClFN3O4S/c1-3-16-8-10-17(11-9-16)32-24(33)23-18-12-13-30(27(35)36-4-2)15-22(18)37-25(23)31(26(32)34)14-19-20(28)6-5-7-21(19)29/h5-11H,3-4,12-15H2,1-2H3. The van der Waals surface area contributed by atoms with E-state index < -0.39 is 23.2 Å². The fourth-order valence-corrected chi connectivity index (χ4v) is 6.24. The van der Waals surface area contributed by atoms with Gasteiger partial charge in [-0.3, -0.25) is 9.36 Å². The third kappa shape index (κ3) is 4.46. The van der Waals surface area contributed by atoms with E-state index in [9.17, 15) is 18.8 Å². The average Bonchev–Trinajstić information content (AvgIpc) is 3.27. The van der Waals surface area contributed by atoms with Crippen LogP contribution in [-0.2, 0) is 30.7 Å². The zero-order valence-corrected chi connectivity index (χ0v) is 22.0. The summed E-state index contributed by atoms with van der Waals surface area (Å²) in [6.45, 7) is 4.55. The monoisotopic (exact) mass is 541 g/mol. The van der Waals surface area contributed by atoms with Crippen LogP contribution in [0.4, 0.5) is 9.18 Å².